The van der Waals surface area contributed by atoms with Crippen molar-refractivity contribution in [3.05, 3.63) is 22.4 Å². The Labute approximate surface area is 124 Å². The number of thiophene rings is 1. The molecule has 2 saturated carbocycles. The first-order valence-corrected chi connectivity index (χ1v) is 8.68. The van der Waals surface area contributed by atoms with E-state index >= 15 is 0 Å². The van der Waals surface area contributed by atoms with Crippen LogP contribution >= 0.6 is 11.3 Å². The third-order valence-corrected chi connectivity index (χ3v) is 6.05. The first-order chi connectivity index (χ1) is 9.70. The molecule has 1 aromatic rings. The van der Waals surface area contributed by atoms with Gasteiger partial charge in [0.25, 0.3) is 0 Å². The van der Waals surface area contributed by atoms with Gasteiger partial charge in [-0.1, -0.05) is 19.4 Å². The summed E-state index contributed by atoms with van der Waals surface area (Å²) < 4.78 is 0. The van der Waals surface area contributed by atoms with Crippen LogP contribution in [0, 0.1) is 17.8 Å². The number of hydrogen-bond acceptors (Lipinski definition) is 3. The second-order valence-corrected chi connectivity index (χ2v) is 7.28. The van der Waals surface area contributed by atoms with Crippen LogP contribution in [0.25, 0.3) is 0 Å². The molecule has 20 heavy (non-hydrogen) atoms. The van der Waals surface area contributed by atoms with Crippen molar-refractivity contribution in [3.63, 3.8) is 0 Å². The van der Waals surface area contributed by atoms with E-state index in [9.17, 15) is 4.79 Å². The third-order valence-electron chi connectivity index (χ3n) is 5.06. The molecule has 110 valence electrons. The summed E-state index contributed by atoms with van der Waals surface area (Å²) in [6.45, 7) is 2.16. The maximum absolute atomic E-state index is 12.6. The van der Waals surface area contributed by atoms with E-state index in [1.165, 1.54) is 17.7 Å². The zero-order valence-electron chi connectivity index (χ0n) is 12.0. The van der Waals surface area contributed by atoms with Gasteiger partial charge < -0.3 is 11.1 Å². The normalized spacial score (nSPS) is 33.3. The number of amides is 1. The average molecular weight is 292 g/mol. The summed E-state index contributed by atoms with van der Waals surface area (Å²) in [4.78, 5) is 13.9. The van der Waals surface area contributed by atoms with Crippen LogP contribution < -0.4 is 11.1 Å². The molecule has 3 N–H and O–H groups in total. The molecule has 3 rings (SSSR count). The van der Waals surface area contributed by atoms with E-state index in [1.54, 1.807) is 11.3 Å². The number of hydrogen-bond donors (Lipinski definition) is 2. The van der Waals surface area contributed by atoms with Gasteiger partial charge in [-0.15, -0.1) is 11.3 Å². The van der Waals surface area contributed by atoms with Gasteiger partial charge in [0, 0.05) is 10.9 Å². The van der Waals surface area contributed by atoms with Gasteiger partial charge in [0.1, 0.15) is 0 Å². The molecule has 3 nitrogen and oxygen atoms in total. The van der Waals surface area contributed by atoms with Crippen molar-refractivity contribution in [2.45, 2.75) is 51.1 Å². The van der Waals surface area contributed by atoms with Crippen LogP contribution in [0.3, 0.4) is 0 Å². The molecule has 1 aromatic heterocycles. The summed E-state index contributed by atoms with van der Waals surface area (Å²) in [5.41, 5.74) is 6.28. The summed E-state index contributed by atoms with van der Waals surface area (Å²) in [6, 6.07) is 4.42. The van der Waals surface area contributed by atoms with Crippen molar-refractivity contribution in [1.82, 2.24) is 5.32 Å². The number of rotatable bonds is 5. The Morgan fingerprint density at radius 2 is 2.30 bits per heavy atom. The molecule has 5 unspecified atom stereocenters. The topological polar surface area (TPSA) is 55.1 Å². The van der Waals surface area contributed by atoms with Crippen LogP contribution in [0.15, 0.2) is 17.5 Å². The van der Waals surface area contributed by atoms with Gasteiger partial charge in [0.2, 0.25) is 5.91 Å². The molecule has 0 aliphatic heterocycles. The van der Waals surface area contributed by atoms with E-state index in [1.807, 2.05) is 0 Å². The molecular weight excluding hydrogens is 268 g/mol. The van der Waals surface area contributed by atoms with Crippen LogP contribution in [-0.4, -0.2) is 11.9 Å². The molecular formula is C16H24N2OS. The van der Waals surface area contributed by atoms with Gasteiger partial charge in [-0.25, -0.2) is 0 Å². The van der Waals surface area contributed by atoms with Crippen LogP contribution in [0.4, 0.5) is 0 Å². The summed E-state index contributed by atoms with van der Waals surface area (Å²) in [5.74, 6) is 1.35. The average Bonchev–Trinajstić information content (AvgIpc) is 3.15. The number of fused-ring (bicyclic) bond motifs is 2. The molecule has 4 heteroatoms. The smallest absolute Gasteiger partial charge is 0.225 e. The first kappa shape index (κ1) is 14.1. The first-order valence-electron chi connectivity index (χ1n) is 7.80. The lowest BCUT2D eigenvalue weighted by Crippen LogP contribution is -2.46. The van der Waals surface area contributed by atoms with Gasteiger partial charge in [0.15, 0.2) is 0 Å². The van der Waals surface area contributed by atoms with Crippen molar-refractivity contribution in [1.29, 1.82) is 0 Å². The molecule has 0 spiro atoms. The molecule has 5 atom stereocenters. The predicted octanol–water partition coefficient (Wildman–Crippen LogP) is 3.08. The van der Waals surface area contributed by atoms with E-state index in [-0.39, 0.29) is 23.9 Å². The van der Waals surface area contributed by atoms with Gasteiger partial charge >= 0.3 is 0 Å². The minimum Gasteiger partial charge on any atom is -0.348 e. The predicted molar refractivity (Wildman–Crippen MR) is 82.4 cm³/mol. The minimum atomic E-state index is 0.0491. The second kappa shape index (κ2) is 5.86. The summed E-state index contributed by atoms with van der Waals surface area (Å²) in [7, 11) is 0. The van der Waals surface area contributed by atoms with Crippen molar-refractivity contribution in [3.8, 4) is 0 Å². The highest BCUT2D eigenvalue weighted by Crippen LogP contribution is 2.47. The van der Waals surface area contributed by atoms with Crippen molar-refractivity contribution >= 4 is 17.2 Å². The Bertz CT molecular complexity index is 457. The zero-order chi connectivity index (χ0) is 14.1. The van der Waals surface area contributed by atoms with Gasteiger partial charge in [0.05, 0.1) is 12.0 Å². The Morgan fingerprint density at radius 1 is 1.50 bits per heavy atom. The van der Waals surface area contributed by atoms with Gasteiger partial charge in [-0.3, -0.25) is 4.79 Å². The highest BCUT2D eigenvalue weighted by molar-refractivity contribution is 7.10. The minimum absolute atomic E-state index is 0.0491. The van der Waals surface area contributed by atoms with Gasteiger partial charge in [-0.05, 0) is 49.0 Å². The lowest BCUT2D eigenvalue weighted by molar-refractivity contribution is -0.127. The fourth-order valence-electron chi connectivity index (χ4n) is 4.06. The standard InChI is InChI=1S/C16H24N2OS/c1-2-4-12(13-5-3-8-20-13)18-16(19)14-10-6-7-11(9-10)15(14)17/h3,5,8,10-12,14-15H,2,4,6-7,9,17H2,1H3,(H,18,19). The SMILES string of the molecule is CCCC(NC(=O)C1C2CCC(C2)C1N)c1cccs1. The van der Waals surface area contributed by atoms with Gasteiger partial charge in [-0.2, -0.15) is 0 Å². The van der Waals surface area contributed by atoms with E-state index in [0.29, 0.717) is 11.8 Å². The second-order valence-electron chi connectivity index (χ2n) is 6.30. The zero-order valence-corrected chi connectivity index (χ0v) is 12.9. The molecule has 2 bridgehead atoms. The summed E-state index contributed by atoms with van der Waals surface area (Å²) >= 11 is 1.73. The Hall–Kier alpha value is -0.870. The molecule has 1 amide bonds. The number of nitrogens with one attached hydrogen (secondary N) is 1. The molecule has 1 heterocycles. The van der Waals surface area contributed by atoms with E-state index in [2.05, 4.69) is 29.8 Å². The number of carbonyl (C=O) groups is 1. The monoisotopic (exact) mass is 292 g/mol. The van der Waals surface area contributed by atoms with E-state index in [4.69, 9.17) is 5.73 Å². The van der Waals surface area contributed by atoms with E-state index < -0.39 is 0 Å². The molecule has 0 aromatic carbocycles. The summed E-state index contributed by atoms with van der Waals surface area (Å²) in [6.07, 6.45) is 5.65. The number of carbonyl (C=O) groups excluding carboxylic acids is 1. The number of nitrogens with two attached hydrogens (primary N) is 1. The Kier molecular flexibility index (Phi) is 4.13. The maximum Gasteiger partial charge on any atom is 0.225 e. The highest BCUT2D eigenvalue weighted by atomic mass is 32.1. The Balaban J connectivity index is 1.68. The van der Waals surface area contributed by atoms with E-state index in [0.717, 1.165) is 19.3 Å². The maximum atomic E-state index is 12.6. The van der Waals surface area contributed by atoms with Crippen molar-refractivity contribution < 1.29 is 4.79 Å². The Morgan fingerprint density at radius 3 is 2.90 bits per heavy atom. The fourth-order valence-corrected chi connectivity index (χ4v) is 4.87. The van der Waals surface area contributed by atoms with Crippen molar-refractivity contribution in [2.24, 2.45) is 23.5 Å². The molecule has 0 radical (unpaired) electrons. The largest absolute Gasteiger partial charge is 0.348 e. The third kappa shape index (κ3) is 2.51. The fraction of sp³-hybridized carbons (Fsp3) is 0.688. The van der Waals surface area contributed by atoms with Crippen LogP contribution in [0.2, 0.25) is 0 Å². The lowest BCUT2D eigenvalue weighted by Gasteiger charge is -2.29. The van der Waals surface area contributed by atoms with Crippen LogP contribution in [-0.2, 0) is 4.79 Å². The quantitative estimate of drug-likeness (QED) is 0.876. The molecule has 2 fully saturated rings. The molecule has 0 saturated heterocycles. The highest BCUT2D eigenvalue weighted by Gasteiger charge is 2.49. The lowest BCUT2D eigenvalue weighted by atomic mass is 9.84. The summed E-state index contributed by atoms with van der Waals surface area (Å²) in [5, 5.41) is 5.35. The van der Waals surface area contributed by atoms with Crippen LogP contribution in [0.5, 0.6) is 0 Å². The van der Waals surface area contributed by atoms with Crippen molar-refractivity contribution in [2.75, 3.05) is 0 Å². The van der Waals surface area contributed by atoms with Crippen LogP contribution in [0.1, 0.15) is 49.9 Å². The molecule has 2 aliphatic rings. The molecule has 2 aliphatic carbocycles.